The molecule has 164 valence electrons. The van der Waals surface area contributed by atoms with E-state index in [0.717, 1.165) is 12.1 Å². The molecule has 3 unspecified atom stereocenters. The van der Waals surface area contributed by atoms with Gasteiger partial charge in [-0.2, -0.15) is 5.26 Å². The Labute approximate surface area is 190 Å². The minimum absolute atomic E-state index is 0.0932. The Balaban J connectivity index is 2.28. The highest BCUT2D eigenvalue weighted by molar-refractivity contribution is 6.31. The standard InChI is InChI=1S/C23H22Cl2F2N2O2/c1-22(2,3)11-20-23(12-28,15-6-4-13(24)8-18(15)27)10-19(21(30)31)29(20)14-5-7-17(26)16(25)9-14/h4-9,19-20H,10-11H2,1-3H3,(H,30,31). The first kappa shape index (κ1) is 23.3. The van der Waals surface area contributed by atoms with Crippen molar-refractivity contribution in [1.29, 1.82) is 5.26 Å². The van der Waals surface area contributed by atoms with Crippen molar-refractivity contribution < 1.29 is 18.7 Å². The molecular weight excluding hydrogens is 445 g/mol. The van der Waals surface area contributed by atoms with Gasteiger partial charge in [0.15, 0.2) is 0 Å². The maximum Gasteiger partial charge on any atom is 0.326 e. The third kappa shape index (κ3) is 4.35. The minimum atomic E-state index is -1.47. The number of carboxylic acids is 1. The summed E-state index contributed by atoms with van der Waals surface area (Å²) in [4.78, 5) is 13.8. The summed E-state index contributed by atoms with van der Waals surface area (Å²) in [5.74, 6) is -2.47. The topological polar surface area (TPSA) is 64.3 Å². The quantitative estimate of drug-likeness (QED) is 0.582. The van der Waals surface area contributed by atoms with E-state index in [2.05, 4.69) is 6.07 Å². The summed E-state index contributed by atoms with van der Waals surface area (Å²) in [5.41, 5.74) is -1.34. The molecule has 0 bridgehead atoms. The fourth-order valence-corrected chi connectivity index (χ4v) is 4.71. The van der Waals surface area contributed by atoms with E-state index in [9.17, 15) is 19.6 Å². The van der Waals surface area contributed by atoms with Crippen LogP contribution in [-0.4, -0.2) is 23.2 Å². The number of rotatable bonds is 4. The van der Waals surface area contributed by atoms with Crippen molar-refractivity contribution in [3.63, 3.8) is 0 Å². The van der Waals surface area contributed by atoms with Crippen LogP contribution in [0.4, 0.5) is 14.5 Å². The third-order valence-corrected chi connectivity index (χ3v) is 6.18. The lowest BCUT2D eigenvalue weighted by molar-refractivity contribution is -0.138. The second-order valence-electron chi connectivity index (χ2n) is 9.05. The van der Waals surface area contributed by atoms with E-state index in [-0.39, 0.29) is 27.4 Å². The zero-order valence-corrected chi connectivity index (χ0v) is 18.8. The molecule has 1 N–H and O–H groups in total. The second kappa shape index (κ2) is 8.29. The van der Waals surface area contributed by atoms with Crippen LogP contribution >= 0.6 is 23.2 Å². The van der Waals surface area contributed by atoms with Gasteiger partial charge in [-0.15, -0.1) is 0 Å². The molecule has 1 fully saturated rings. The Morgan fingerprint density at radius 2 is 1.90 bits per heavy atom. The highest BCUT2D eigenvalue weighted by Gasteiger charge is 2.57. The van der Waals surface area contributed by atoms with E-state index in [1.807, 2.05) is 20.8 Å². The molecule has 31 heavy (non-hydrogen) atoms. The van der Waals surface area contributed by atoms with E-state index < -0.39 is 35.1 Å². The molecule has 0 amide bonds. The first-order valence-electron chi connectivity index (χ1n) is 9.72. The zero-order valence-electron chi connectivity index (χ0n) is 17.3. The van der Waals surface area contributed by atoms with Crippen LogP contribution in [0.3, 0.4) is 0 Å². The Morgan fingerprint density at radius 3 is 2.42 bits per heavy atom. The minimum Gasteiger partial charge on any atom is -0.480 e. The van der Waals surface area contributed by atoms with Gasteiger partial charge in [0, 0.05) is 22.7 Å². The Bertz CT molecular complexity index is 1060. The summed E-state index contributed by atoms with van der Waals surface area (Å²) in [6.45, 7) is 5.87. The molecule has 3 rings (SSSR count). The van der Waals surface area contributed by atoms with E-state index in [4.69, 9.17) is 23.2 Å². The number of hydrogen-bond acceptors (Lipinski definition) is 3. The molecule has 2 aromatic rings. The normalized spacial score (nSPS) is 23.6. The maximum atomic E-state index is 15.0. The molecule has 0 aromatic heterocycles. The molecule has 1 heterocycles. The highest BCUT2D eigenvalue weighted by Crippen LogP contribution is 2.50. The van der Waals surface area contributed by atoms with Crippen LogP contribution in [0.1, 0.15) is 39.2 Å². The SMILES string of the molecule is CC(C)(C)CC1N(c2ccc(F)c(Cl)c2)C(C(=O)O)CC1(C#N)c1ccc(Cl)cc1F. The van der Waals surface area contributed by atoms with Gasteiger partial charge in [0.25, 0.3) is 0 Å². The van der Waals surface area contributed by atoms with Crippen LogP contribution in [0, 0.1) is 28.4 Å². The molecule has 4 nitrogen and oxygen atoms in total. The monoisotopic (exact) mass is 466 g/mol. The first-order valence-corrected chi connectivity index (χ1v) is 10.5. The number of anilines is 1. The smallest absolute Gasteiger partial charge is 0.326 e. The van der Waals surface area contributed by atoms with Gasteiger partial charge < -0.3 is 10.0 Å². The summed E-state index contributed by atoms with van der Waals surface area (Å²) in [6.07, 6.45) is 0.231. The molecule has 2 aromatic carbocycles. The van der Waals surface area contributed by atoms with Crippen molar-refractivity contribution in [2.24, 2.45) is 5.41 Å². The summed E-state index contributed by atoms with van der Waals surface area (Å²) in [7, 11) is 0. The third-order valence-electron chi connectivity index (χ3n) is 5.66. The molecule has 0 aliphatic carbocycles. The molecular formula is C23H22Cl2F2N2O2. The van der Waals surface area contributed by atoms with Crippen LogP contribution in [0.5, 0.6) is 0 Å². The molecule has 0 spiro atoms. The van der Waals surface area contributed by atoms with Crippen molar-refractivity contribution in [1.82, 2.24) is 0 Å². The predicted molar refractivity (Wildman–Crippen MR) is 116 cm³/mol. The molecule has 0 radical (unpaired) electrons. The fourth-order valence-electron chi connectivity index (χ4n) is 4.38. The van der Waals surface area contributed by atoms with Gasteiger partial charge in [-0.05, 0) is 42.2 Å². The van der Waals surface area contributed by atoms with Gasteiger partial charge in [0.2, 0.25) is 0 Å². The number of carbonyl (C=O) groups is 1. The lowest BCUT2D eigenvalue weighted by Crippen LogP contribution is -2.47. The number of hydrogen-bond donors (Lipinski definition) is 1. The second-order valence-corrected chi connectivity index (χ2v) is 9.90. The summed E-state index contributed by atoms with van der Waals surface area (Å²) < 4.78 is 28.8. The number of nitrogens with zero attached hydrogens (tertiary/aromatic N) is 2. The van der Waals surface area contributed by atoms with Crippen LogP contribution in [0.25, 0.3) is 0 Å². The molecule has 8 heteroatoms. The van der Waals surface area contributed by atoms with Gasteiger partial charge in [-0.25, -0.2) is 13.6 Å². The first-order chi connectivity index (χ1) is 14.4. The van der Waals surface area contributed by atoms with Gasteiger partial charge >= 0.3 is 5.97 Å². The van der Waals surface area contributed by atoms with Gasteiger partial charge in [-0.3, -0.25) is 0 Å². The number of carboxylic acid groups (broad SMARTS) is 1. The van der Waals surface area contributed by atoms with Crippen molar-refractivity contribution in [2.45, 2.75) is 51.1 Å². The Hall–Kier alpha value is -2.36. The fraction of sp³-hybridized carbons (Fsp3) is 0.391. The predicted octanol–water partition coefficient (Wildman–Crippen LogP) is 6.20. The van der Waals surface area contributed by atoms with Crippen LogP contribution in [-0.2, 0) is 10.2 Å². The number of nitriles is 1. The largest absolute Gasteiger partial charge is 0.480 e. The van der Waals surface area contributed by atoms with Gasteiger partial charge in [0.05, 0.1) is 17.1 Å². The van der Waals surface area contributed by atoms with Gasteiger partial charge in [-0.1, -0.05) is 50.0 Å². The summed E-state index contributed by atoms with van der Waals surface area (Å²) in [5, 5.41) is 20.4. The van der Waals surface area contributed by atoms with E-state index in [0.29, 0.717) is 12.1 Å². The molecule has 1 aliphatic rings. The Morgan fingerprint density at radius 1 is 1.23 bits per heavy atom. The zero-order chi connectivity index (χ0) is 23.1. The molecule has 1 aliphatic heterocycles. The van der Waals surface area contributed by atoms with E-state index in [1.54, 1.807) is 4.90 Å². The Kier molecular flexibility index (Phi) is 6.23. The summed E-state index contributed by atoms with van der Waals surface area (Å²) in [6, 6.07) is 8.37. The number of halogens is 4. The molecule has 3 atom stereocenters. The van der Waals surface area contributed by atoms with Crippen LogP contribution in [0.15, 0.2) is 36.4 Å². The van der Waals surface area contributed by atoms with E-state index >= 15 is 4.39 Å². The van der Waals surface area contributed by atoms with Gasteiger partial charge in [0.1, 0.15) is 23.1 Å². The lowest BCUT2D eigenvalue weighted by Gasteiger charge is -2.39. The van der Waals surface area contributed by atoms with Crippen LogP contribution < -0.4 is 4.90 Å². The average Bonchev–Trinajstić information content (AvgIpc) is 2.98. The van der Waals surface area contributed by atoms with Crippen molar-refractivity contribution in [3.8, 4) is 6.07 Å². The summed E-state index contributed by atoms with van der Waals surface area (Å²) >= 11 is 11.9. The van der Waals surface area contributed by atoms with E-state index in [1.165, 1.54) is 24.3 Å². The van der Waals surface area contributed by atoms with Crippen LogP contribution in [0.2, 0.25) is 10.0 Å². The molecule has 0 saturated carbocycles. The maximum absolute atomic E-state index is 15.0. The molecule has 1 saturated heterocycles. The highest BCUT2D eigenvalue weighted by atomic mass is 35.5. The van der Waals surface area contributed by atoms with Crippen molar-refractivity contribution in [3.05, 3.63) is 63.6 Å². The average molecular weight is 467 g/mol. The van der Waals surface area contributed by atoms with Crippen molar-refractivity contribution >= 4 is 34.9 Å². The number of benzene rings is 2. The number of aliphatic carboxylic acids is 1. The lowest BCUT2D eigenvalue weighted by atomic mass is 9.70. The van der Waals surface area contributed by atoms with Crippen molar-refractivity contribution in [2.75, 3.05) is 4.90 Å².